The van der Waals surface area contributed by atoms with Crippen molar-refractivity contribution >= 4 is 11.9 Å². The lowest BCUT2D eigenvalue weighted by Gasteiger charge is -2.33. The molecule has 3 rings (SSSR count). The Hall–Kier alpha value is -1.84. The molecular weight excluding hydrogens is 228 g/mol. The van der Waals surface area contributed by atoms with Gasteiger partial charge in [0.2, 0.25) is 0 Å². The molecule has 0 aromatic heterocycles. The number of rotatable bonds is 2. The van der Waals surface area contributed by atoms with Crippen LogP contribution in [0.2, 0.25) is 0 Å². The number of carbonyl (C=O) groups is 2. The van der Waals surface area contributed by atoms with E-state index in [0.29, 0.717) is 0 Å². The van der Waals surface area contributed by atoms with Crippen LogP contribution >= 0.6 is 0 Å². The van der Waals surface area contributed by atoms with E-state index in [-0.39, 0.29) is 18.0 Å². The summed E-state index contributed by atoms with van der Waals surface area (Å²) in [4.78, 5) is 25.9. The molecule has 1 aromatic rings. The van der Waals surface area contributed by atoms with Gasteiger partial charge >= 0.3 is 6.03 Å². The SMILES string of the molecule is CC1(c2ccccc2)NC(=O)N(C2CCC2)C1=O. The fraction of sp³-hybridized carbons (Fsp3) is 0.429. The largest absolute Gasteiger partial charge is 0.325 e. The van der Waals surface area contributed by atoms with E-state index in [0.717, 1.165) is 24.8 Å². The van der Waals surface area contributed by atoms with E-state index < -0.39 is 5.54 Å². The van der Waals surface area contributed by atoms with Gasteiger partial charge in [-0.3, -0.25) is 9.69 Å². The van der Waals surface area contributed by atoms with Crippen molar-refractivity contribution in [3.63, 3.8) is 0 Å². The molecule has 1 N–H and O–H groups in total. The lowest BCUT2D eigenvalue weighted by Crippen LogP contribution is -2.46. The summed E-state index contributed by atoms with van der Waals surface area (Å²) in [5.41, 5.74) is -0.0707. The standard InChI is InChI=1S/C14H16N2O2/c1-14(10-6-3-2-4-7-10)12(17)16(13(18)15-14)11-8-5-9-11/h2-4,6-7,11H,5,8-9H2,1H3,(H,15,18). The zero-order chi connectivity index (χ0) is 12.8. The third-order valence-corrected chi connectivity index (χ3v) is 4.01. The minimum Gasteiger partial charge on any atom is -0.319 e. The molecule has 1 unspecified atom stereocenters. The average Bonchev–Trinajstić information content (AvgIpc) is 2.54. The maximum atomic E-state index is 12.5. The van der Waals surface area contributed by atoms with Crippen molar-refractivity contribution in [2.45, 2.75) is 37.8 Å². The van der Waals surface area contributed by atoms with Gasteiger partial charge in [0, 0.05) is 6.04 Å². The maximum absolute atomic E-state index is 12.5. The number of nitrogens with zero attached hydrogens (tertiary/aromatic N) is 1. The number of benzene rings is 1. The van der Waals surface area contributed by atoms with Gasteiger partial charge in [0.1, 0.15) is 5.54 Å². The summed E-state index contributed by atoms with van der Waals surface area (Å²) in [7, 11) is 0. The normalized spacial score (nSPS) is 28.2. The average molecular weight is 244 g/mol. The molecule has 1 heterocycles. The Bertz CT molecular complexity index is 496. The Morgan fingerprint density at radius 2 is 1.89 bits per heavy atom. The Morgan fingerprint density at radius 1 is 1.22 bits per heavy atom. The topological polar surface area (TPSA) is 49.4 Å². The summed E-state index contributed by atoms with van der Waals surface area (Å²) in [6, 6.07) is 9.26. The van der Waals surface area contributed by atoms with Crippen LogP contribution in [0.3, 0.4) is 0 Å². The van der Waals surface area contributed by atoms with Crippen molar-refractivity contribution in [3.8, 4) is 0 Å². The second-order valence-electron chi connectivity index (χ2n) is 5.18. The molecule has 3 amide bonds. The monoisotopic (exact) mass is 244 g/mol. The van der Waals surface area contributed by atoms with Crippen molar-refractivity contribution in [2.75, 3.05) is 0 Å². The van der Waals surface area contributed by atoms with Gasteiger partial charge in [-0.15, -0.1) is 0 Å². The first-order chi connectivity index (χ1) is 8.63. The molecule has 1 saturated heterocycles. The van der Waals surface area contributed by atoms with Crippen LogP contribution in [0.5, 0.6) is 0 Å². The molecule has 1 aromatic carbocycles. The molecule has 18 heavy (non-hydrogen) atoms. The van der Waals surface area contributed by atoms with Gasteiger partial charge in [-0.25, -0.2) is 4.79 Å². The van der Waals surface area contributed by atoms with Crippen LogP contribution in [0, 0.1) is 0 Å². The van der Waals surface area contributed by atoms with Gasteiger partial charge in [0.15, 0.2) is 0 Å². The van der Waals surface area contributed by atoms with E-state index in [9.17, 15) is 9.59 Å². The number of hydrogen-bond donors (Lipinski definition) is 1. The second kappa shape index (κ2) is 3.83. The third-order valence-electron chi connectivity index (χ3n) is 4.01. The molecule has 1 saturated carbocycles. The molecule has 2 fully saturated rings. The summed E-state index contributed by atoms with van der Waals surface area (Å²) in [5, 5.41) is 2.83. The van der Waals surface area contributed by atoms with Crippen LogP contribution < -0.4 is 5.32 Å². The predicted octanol–water partition coefficient (Wildman–Crippen LogP) is 2.01. The fourth-order valence-corrected chi connectivity index (χ4v) is 2.60. The van der Waals surface area contributed by atoms with E-state index in [1.165, 1.54) is 4.90 Å². The fourth-order valence-electron chi connectivity index (χ4n) is 2.60. The lowest BCUT2D eigenvalue weighted by molar-refractivity contribution is -0.133. The molecule has 4 heteroatoms. The number of hydrogen-bond acceptors (Lipinski definition) is 2. The summed E-state index contributed by atoms with van der Waals surface area (Å²) in [5.74, 6) is -0.122. The quantitative estimate of drug-likeness (QED) is 0.809. The minimum atomic E-state index is -0.909. The summed E-state index contributed by atoms with van der Waals surface area (Å²) in [6.45, 7) is 1.78. The third kappa shape index (κ3) is 1.45. The second-order valence-corrected chi connectivity index (χ2v) is 5.18. The van der Waals surface area contributed by atoms with Crippen LogP contribution in [-0.4, -0.2) is 22.9 Å². The van der Waals surface area contributed by atoms with Gasteiger partial charge < -0.3 is 5.32 Å². The number of imide groups is 1. The summed E-state index contributed by atoms with van der Waals surface area (Å²) >= 11 is 0. The van der Waals surface area contributed by atoms with E-state index in [2.05, 4.69) is 5.32 Å². The van der Waals surface area contributed by atoms with Crippen LogP contribution in [0.15, 0.2) is 30.3 Å². The highest BCUT2D eigenvalue weighted by Gasteiger charge is 2.51. The smallest absolute Gasteiger partial charge is 0.319 e. The Labute approximate surface area is 106 Å². The van der Waals surface area contributed by atoms with E-state index in [1.807, 2.05) is 30.3 Å². The maximum Gasteiger partial charge on any atom is 0.325 e. The first-order valence-corrected chi connectivity index (χ1v) is 6.34. The highest BCUT2D eigenvalue weighted by atomic mass is 16.2. The zero-order valence-corrected chi connectivity index (χ0v) is 10.3. The molecule has 94 valence electrons. The Kier molecular flexibility index (Phi) is 2.40. The van der Waals surface area contributed by atoms with Crippen molar-refractivity contribution < 1.29 is 9.59 Å². The van der Waals surface area contributed by atoms with Gasteiger partial charge in [-0.05, 0) is 31.7 Å². The highest BCUT2D eigenvalue weighted by molar-refractivity contribution is 6.07. The van der Waals surface area contributed by atoms with Gasteiger partial charge in [0.05, 0.1) is 0 Å². The van der Waals surface area contributed by atoms with Crippen LogP contribution in [0.4, 0.5) is 4.79 Å². The van der Waals surface area contributed by atoms with Gasteiger partial charge in [-0.2, -0.15) is 0 Å². The van der Waals surface area contributed by atoms with Crippen molar-refractivity contribution in [1.82, 2.24) is 10.2 Å². The van der Waals surface area contributed by atoms with E-state index in [4.69, 9.17) is 0 Å². The van der Waals surface area contributed by atoms with Crippen LogP contribution in [0.25, 0.3) is 0 Å². The number of nitrogens with one attached hydrogen (secondary N) is 1. The van der Waals surface area contributed by atoms with Crippen molar-refractivity contribution in [1.29, 1.82) is 0 Å². The first kappa shape index (κ1) is 11.3. The molecular formula is C14H16N2O2. The molecule has 0 spiro atoms. The molecule has 0 radical (unpaired) electrons. The molecule has 2 aliphatic rings. The first-order valence-electron chi connectivity index (χ1n) is 6.34. The summed E-state index contributed by atoms with van der Waals surface area (Å²) in [6.07, 6.45) is 2.97. The van der Waals surface area contributed by atoms with Gasteiger partial charge in [0.25, 0.3) is 5.91 Å². The zero-order valence-electron chi connectivity index (χ0n) is 10.3. The molecule has 1 aliphatic carbocycles. The Balaban J connectivity index is 1.95. The van der Waals surface area contributed by atoms with E-state index in [1.54, 1.807) is 6.92 Å². The van der Waals surface area contributed by atoms with Gasteiger partial charge in [-0.1, -0.05) is 30.3 Å². The van der Waals surface area contributed by atoms with Crippen LogP contribution in [0.1, 0.15) is 31.7 Å². The van der Waals surface area contributed by atoms with Crippen LogP contribution in [-0.2, 0) is 10.3 Å². The number of amides is 3. The number of carbonyl (C=O) groups excluding carboxylic acids is 2. The molecule has 1 atom stereocenters. The summed E-state index contributed by atoms with van der Waals surface area (Å²) < 4.78 is 0. The van der Waals surface area contributed by atoms with Crippen molar-refractivity contribution in [2.24, 2.45) is 0 Å². The molecule has 0 bridgehead atoms. The van der Waals surface area contributed by atoms with E-state index >= 15 is 0 Å². The predicted molar refractivity (Wildman–Crippen MR) is 66.8 cm³/mol. The molecule has 1 aliphatic heterocycles. The molecule has 4 nitrogen and oxygen atoms in total. The Morgan fingerprint density at radius 3 is 2.44 bits per heavy atom. The number of urea groups is 1. The lowest BCUT2D eigenvalue weighted by atomic mass is 9.88. The minimum absolute atomic E-state index is 0.100. The highest BCUT2D eigenvalue weighted by Crippen LogP contribution is 2.34. The van der Waals surface area contributed by atoms with Crippen molar-refractivity contribution in [3.05, 3.63) is 35.9 Å².